The Morgan fingerprint density at radius 3 is 2.76 bits per heavy atom. The van der Waals surface area contributed by atoms with Crippen molar-refractivity contribution < 1.29 is 9.90 Å². The lowest BCUT2D eigenvalue weighted by Gasteiger charge is -2.22. The lowest BCUT2D eigenvalue weighted by Crippen LogP contribution is -2.42. The molecule has 5 nitrogen and oxygen atoms in total. The number of aliphatic hydroxyl groups excluding tert-OH is 1. The summed E-state index contributed by atoms with van der Waals surface area (Å²) in [5.41, 5.74) is 7.10. The fourth-order valence-electron chi connectivity index (χ4n) is 2.71. The molecule has 2 atom stereocenters. The second-order valence-corrected chi connectivity index (χ2v) is 6.15. The Labute approximate surface area is 126 Å². The van der Waals surface area contributed by atoms with Gasteiger partial charge in [-0.1, -0.05) is 33.1 Å². The average molecular weight is 291 g/mol. The van der Waals surface area contributed by atoms with Crippen LogP contribution in [-0.4, -0.2) is 28.1 Å². The number of hydrogen-bond acceptors (Lipinski definition) is 4. The molecule has 0 radical (unpaired) electrons. The number of aromatic nitrogens is 1. The minimum atomic E-state index is -0.458. The van der Waals surface area contributed by atoms with E-state index in [2.05, 4.69) is 10.3 Å². The Kier molecular flexibility index (Phi) is 5.17. The molecule has 0 spiro atoms. The van der Waals surface area contributed by atoms with Gasteiger partial charge in [-0.15, -0.1) is 0 Å². The number of nitrogens with one attached hydrogen (secondary N) is 1. The zero-order valence-electron chi connectivity index (χ0n) is 12.8. The number of pyridine rings is 1. The number of aliphatic hydroxyl groups is 1. The van der Waals surface area contributed by atoms with Gasteiger partial charge in [-0.3, -0.25) is 4.79 Å². The molecule has 1 saturated carbocycles. The van der Waals surface area contributed by atoms with E-state index in [0.29, 0.717) is 11.4 Å². The molecule has 5 heteroatoms. The van der Waals surface area contributed by atoms with E-state index < -0.39 is 6.10 Å². The number of nitrogens with two attached hydrogens (primary N) is 1. The molecule has 1 fully saturated rings. The molecule has 21 heavy (non-hydrogen) atoms. The molecule has 2 unspecified atom stereocenters. The normalized spacial score (nSPS) is 22.9. The average Bonchev–Trinajstić information content (AvgIpc) is 2.63. The van der Waals surface area contributed by atoms with Gasteiger partial charge in [-0.2, -0.15) is 0 Å². The Hall–Kier alpha value is -1.62. The Balaban J connectivity index is 2.12. The van der Waals surface area contributed by atoms with Gasteiger partial charge in [0.2, 0.25) is 0 Å². The minimum absolute atomic E-state index is 0.170. The molecular weight excluding hydrogens is 266 g/mol. The van der Waals surface area contributed by atoms with E-state index in [9.17, 15) is 9.90 Å². The van der Waals surface area contributed by atoms with Crippen molar-refractivity contribution >= 4 is 11.7 Å². The third-order valence-electron chi connectivity index (χ3n) is 4.01. The molecule has 1 aromatic heterocycles. The smallest absolute Gasteiger partial charge is 0.251 e. The summed E-state index contributed by atoms with van der Waals surface area (Å²) < 4.78 is 0. The molecular formula is C16H25N3O2. The highest BCUT2D eigenvalue weighted by Crippen LogP contribution is 2.20. The standard InChI is InChI=1S/C16H25N3O2/c1-10(2)13-8-11(9-15(17)18-13)16(21)19-12-6-4-3-5-7-14(12)20/h8-10,12,14,20H,3-7H2,1-2H3,(H2,17,18)(H,19,21). The van der Waals surface area contributed by atoms with Gasteiger partial charge in [0, 0.05) is 11.3 Å². The van der Waals surface area contributed by atoms with E-state index in [1.54, 1.807) is 12.1 Å². The number of hydrogen-bond donors (Lipinski definition) is 3. The SMILES string of the molecule is CC(C)c1cc(C(=O)NC2CCCCCC2O)cc(N)n1. The van der Waals surface area contributed by atoms with Gasteiger partial charge in [0.25, 0.3) is 5.91 Å². The Bertz CT molecular complexity index is 502. The molecule has 116 valence electrons. The molecule has 1 amide bonds. The predicted molar refractivity (Wildman–Crippen MR) is 83.1 cm³/mol. The summed E-state index contributed by atoms with van der Waals surface area (Å²) in [5.74, 6) is 0.383. The van der Waals surface area contributed by atoms with Crippen LogP contribution < -0.4 is 11.1 Å². The van der Waals surface area contributed by atoms with Crippen molar-refractivity contribution in [2.75, 3.05) is 5.73 Å². The minimum Gasteiger partial charge on any atom is -0.391 e. The van der Waals surface area contributed by atoms with E-state index in [1.807, 2.05) is 13.8 Å². The third-order valence-corrected chi connectivity index (χ3v) is 4.01. The van der Waals surface area contributed by atoms with Crippen molar-refractivity contribution in [3.8, 4) is 0 Å². The molecule has 0 aliphatic heterocycles. The third kappa shape index (κ3) is 4.17. The fraction of sp³-hybridized carbons (Fsp3) is 0.625. The van der Waals surface area contributed by atoms with Crippen LogP contribution in [0.5, 0.6) is 0 Å². The first-order valence-electron chi connectivity index (χ1n) is 7.73. The van der Waals surface area contributed by atoms with E-state index in [4.69, 9.17) is 5.73 Å². The first-order chi connectivity index (χ1) is 9.97. The van der Waals surface area contributed by atoms with Gasteiger partial charge >= 0.3 is 0 Å². The molecule has 0 saturated heterocycles. The maximum atomic E-state index is 12.4. The van der Waals surface area contributed by atoms with Crippen molar-refractivity contribution in [3.63, 3.8) is 0 Å². The van der Waals surface area contributed by atoms with Crippen LogP contribution in [0, 0.1) is 0 Å². The van der Waals surface area contributed by atoms with Crippen LogP contribution in [0.4, 0.5) is 5.82 Å². The molecule has 1 aliphatic carbocycles. The number of anilines is 1. The summed E-state index contributed by atoms with van der Waals surface area (Å²) in [4.78, 5) is 16.6. The second-order valence-electron chi connectivity index (χ2n) is 6.15. The van der Waals surface area contributed by atoms with E-state index in [1.165, 1.54) is 0 Å². The maximum absolute atomic E-state index is 12.4. The van der Waals surface area contributed by atoms with Crippen LogP contribution in [0.15, 0.2) is 12.1 Å². The van der Waals surface area contributed by atoms with Gasteiger partial charge in [-0.25, -0.2) is 4.98 Å². The second kappa shape index (κ2) is 6.89. The summed E-state index contributed by atoms with van der Waals surface area (Å²) >= 11 is 0. The molecule has 1 aromatic rings. The molecule has 1 heterocycles. The van der Waals surface area contributed by atoms with Crippen LogP contribution >= 0.6 is 0 Å². The molecule has 2 rings (SSSR count). The number of carbonyl (C=O) groups excluding carboxylic acids is 1. The number of amides is 1. The molecule has 1 aliphatic rings. The zero-order chi connectivity index (χ0) is 15.4. The van der Waals surface area contributed by atoms with Crippen LogP contribution in [-0.2, 0) is 0 Å². The lowest BCUT2D eigenvalue weighted by molar-refractivity contribution is 0.0818. The van der Waals surface area contributed by atoms with E-state index in [0.717, 1.165) is 37.8 Å². The highest BCUT2D eigenvalue weighted by molar-refractivity contribution is 5.95. The highest BCUT2D eigenvalue weighted by atomic mass is 16.3. The van der Waals surface area contributed by atoms with E-state index in [-0.39, 0.29) is 17.9 Å². The summed E-state index contributed by atoms with van der Waals surface area (Å²) in [5, 5.41) is 13.0. The first kappa shape index (κ1) is 15.8. The fourth-order valence-corrected chi connectivity index (χ4v) is 2.71. The number of carbonyl (C=O) groups is 1. The highest BCUT2D eigenvalue weighted by Gasteiger charge is 2.24. The van der Waals surface area contributed by atoms with Crippen LogP contribution in [0.3, 0.4) is 0 Å². The zero-order valence-corrected chi connectivity index (χ0v) is 12.8. The first-order valence-corrected chi connectivity index (χ1v) is 7.73. The van der Waals surface area contributed by atoms with E-state index >= 15 is 0 Å². The Morgan fingerprint density at radius 2 is 2.05 bits per heavy atom. The van der Waals surface area contributed by atoms with Crippen molar-refractivity contribution in [1.29, 1.82) is 0 Å². The molecule has 0 aromatic carbocycles. The number of rotatable bonds is 3. The largest absolute Gasteiger partial charge is 0.391 e. The van der Waals surface area contributed by atoms with Crippen LogP contribution in [0.1, 0.15) is 67.9 Å². The summed E-state index contributed by atoms with van der Waals surface area (Å²) in [6.07, 6.45) is 4.29. The maximum Gasteiger partial charge on any atom is 0.251 e. The molecule has 4 N–H and O–H groups in total. The summed E-state index contributed by atoms with van der Waals surface area (Å²) in [7, 11) is 0. The monoisotopic (exact) mass is 291 g/mol. The number of nitrogen functional groups attached to an aromatic ring is 1. The molecule has 0 bridgehead atoms. The van der Waals surface area contributed by atoms with Gasteiger partial charge in [0.15, 0.2) is 0 Å². The van der Waals surface area contributed by atoms with Gasteiger partial charge < -0.3 is 16.2 Å². The van der Waals surface area contributed by atoms with Gasteiger partial charge in [0.05, 0.1) is 12.1 Å². The van der Waals surface area contributed by atoms with Crippen LogP contribution in [0.25, 0.3) is 0 Å². The van der Waals surface area contributed by atoms with Crippen molar-refractivity contribution in [2.24, 2.45) is 0 Å². The summed E-state index contributed by atoms with van der Waals surface area (Å²) in [6.45, 7) is 4.02. The van der Waals surface area contributed by atoms with Crippen LogP contribution in [0.2, 0.25) is 0 Å². The van der Waals surface area contributed by atoms with Crippen molar-refractivity contribution in [1.82, 2.24) is 10.3 Å². The predicted octanol–water partition coefficient (Wildman–Crippen LogP) is 2.21. The van der Waals surface area contributed by atoms with Crippen molar-refractivity contribution in [2.45, 2.75) is 64.0 Å². The lowest BCUT2D eigenvalue weighted by atomic mass is 10.0. The van der Waals surface area contributed by atoms with Gasteiger partial charge in [-0.05, 0) is 30.9 Å². The summed E-state index contributed by atoms with van der Waals surface area (Å²) in [6, 6.07) is 3.20. The topological polar surface area (TPSA) is 88.2 Å². The van der Waals surface area contributed by atoms with Crippen molar-refractivity contribution in [3.05, 3.63) is 23.4 Å². The quantitative estimate of drug-likeness (QED) is 0.745. The number of nitrogens with zero attached hydrogens (tertiary/aromatic N) is 1. The van der Waals surface area contributed by atoms with Gasteiger partial charge in [0.1, 0.15) is 5.82 Å². The Morgan fingerprint density at radius 1 is 1.33 bits per heavy atom.